The Hall–Kier alpha value is -1.93. The van der Waals surface area contributed by atoms with Gasteiger partial charge in [0.2, 0.25) is 0 Å². The summed E-state index contributed by atoms with van der Waals surface area (Å²) in [6.07, 6.45) is 2.64. The Bertz CT molecular complexity index is 473. The van der Waals surface area contributed by atoms with Crippen LogP contribution in [-0.4, -0.2) is 24.1 Å². The molecule has 0 aliphatic carbocycles. The summed E-state index contributed by atoms with van der Waals surface area (Å²) in [6, 6.07) is 5.77. The first-order valence-corrected chi connectivity index (χ1v) is 5.44. The van der Waals surface area contributed by atoms with E-state index in [1.807, 2.05) is 0 Å². The van der Waals surface area contributed by atoms with E-state index >= 15 is 0 Å². The van der Waals surface area contributed by atoms with Crippen molar-refractivity contribution in [1.82, 2.24) is 4.98 Å². The van der Waals surface area contributed by atoms with Crippen LogP contribution in [0.25, 0.3) is 0 Å². The Labute approximate surface area is 99.2 Å². The molecule has 5 nitrogen and oxygen atoms in total. The van der Waals surface area contributed by atoms with Crippen molar-refractivity contribution in [3.05, 3.63) is 29.6 Å². The van der Waals surface area contributed by atoms with Gasteiger partial charge in [0.05, 0.1) is 11.5 Å². The number of rotatable bonds is 2. The van der Waals surface area contributed by atoms with Gasteiger partial charge in [-0.25, -0.2) is 0 Å². The van der Waals surface area contributed by atoms with Crippen LogP contribution in [0.1, 0.15) is 28.9 Å². The predicted octanol–water partition coefficient (Wildman–Crippen LogP) is 0.752. The van der Waals surface area contributed by atoms with Crippen molar-refractivity contribution < 1.29 is 9.53 Å². The van der Waals surface area contributed by atoms with Crippen molar-refractivity contribution in [2.75, 3.05) is 13.2 Å². The van der Waals surface area contributed by atoms with Crippen LogP contribution in [0.3, 0.4) is 0 Å². The van der Waals surface area contributed by atoms with Crippen LogP contribution in [0.2, 0.25) is 0 Å². The van der Waals surface area contributed by atoms with Gasteiger partial charge >= 0.3 is 0 Å². The summed E-state index contributed by atoms with van der Waals surface area (Å²) in [7, 11) is 0. The van der Waals surface area contributed by atoms with Gasteiger partial charge in [0, 0.05) is 25.0 Å². The van der Waals surface area contributed by atoms with Gasteiger partial charge in [-0.3, -0.25) is 9.78 Å². The van der Waals surface area contributed by atoms with Crippen LogP contribution < -0.4 is 5.73 Å². The molecule has 1 aromatic rings. The molecule has 1 amide bonds. The number of primary amides is 1. The molecule has 2 N–H and O–H groups in total. The average Bonchev–Trinajstić information content (AvgIpc) is 2.39. The highest BCUT2D eigenvalue weighted by Gasteiger charge is 2.37. The third kappa shape index (κ3) is 1.99. The summed E-state index contributed by atoms with van der Waals surface area (Å²) >= 11 is 0. The van der Waals surface area contributed by atoms with Crippen molar-refractivity contribution >= 4 is 5.91 Å². The van der Waals surface area contributed by atoms with E-state index in [0.29, 0.717) is 31.6 Å². The maximum absolute atomic E-state index is 11.3. The lowest BCUT2D eigenvalue weighted by Gasteiger charge is -2.31. The number of hydrogen-bond acceptors (Lipinski definition) is 4. The van der Waals surface area contributed by atoms with E-state index in [1.54, 1.807) is 12.1 Å². The van der Waals surface area contributed by atoms with Gasteiger partial charge in [0.25, 0.3) is 5.91 Å². The minimum Gasteiger partial charge on any atom is -0.381 e. The van der Waals surface area contributed by atoms with Crippen LogP contribution in [-0.2, 0) is 10.2 Å². The highest BCUT2D eigenvalue weighted by molar-refractivity contribution is 5.92. The van der Waals surface area contributed by atoms with Crippen molar-refractivity contribution in [2.24, 2.45) is 5.73 Å². The third-order valence-corrected chi connectivity index (χ3v) is 3.12. The van der Waals surface area contributed by atoms with Crippen LogP contribution in [0, 0.1) is 11.3 Å². The normalized spacial score (nSPS) is 18.3. The van der Waals surface area contributed by atoms with Crippen LogP contribution in [0.5, 0.6) is 0 Å². The molecule has 88 valence electrons. The Balaban J connectivity index is 2.51. The number of carbonyl (C=O) groups is 1. The zero-order chi connectivity index (χ0) is 12.3. The van der Waals surface area contributed by atoms with Crippen molar-refractivity contribution in [2.45, 2.75) is 18.3 Å². The molecule has 1 saturated heterocycles. The number of aromatic nitrogens is 1. The summed E-state index contributed by atoms with van der Waals surface area (Å²) in [4.78, 5) is 15.3. The summed E-state index contributed by atoms with van der Waals surface area (Å²) in [6.45, 7) is 1.03. The van der Waals surface area contributed by atoms with Gasteiger partial charge in [-0.2, -0.15) is 5.26 Å². The number of nitriles is 1. The Morgan fingerprint density at radius 3 is 2.82 bits per heavy atom. The molecule has 0 bridgehead atoms. The fourth-order valence-electron chi connectivity index (χ4n) is 2.15. The van der Waals surface area contributed by atoms with E-state index in [1.165, 1.54) is 6.20 Å². The summed E-state index contributed by atoms with van der Waals surface area (Å²) < 4.78 is 5.26. The lowest BCUT2D eigenvalue weighted by Crippen LogP contribution is -2.35. The molecular formula is C12H13N3O2. The van der Waals surface area contributed by atoms with E-state index in [-0.39, 0.29) is 5.69 Å². The maximum atomic E-state index is 11.3. The second kappa shape index (κ2) is 4.52. The molecule has 1 aliphatic rings. The summed E-state index contributed by atoms with van der Waals surface area (Å²) in [5, 5.41) is 9.42. The highest BCUT2D eigenvalue weighted by atomic mass is 16.5. The second-order valence-corrected chi connectivity index (χ2v) is 4.07. The second-order valence-electron chi connectivity index (χ2n) is 4.07. The Kier molecular flexibility index (Phi) is 3.07. The van der Waals surface area contributed by atoms with Gasteiger partial charge in [0.1, 0.15) is 5.69 Å². The van der Waals surface area contributed by atoms with Gasteiger partial charge in [0.15, 0.2) is 0 Å². The van der Waals surface area contributed by atoms with E-state index in [4.69, 9.17) is 10.5 Å². The molecule has 0 radical (unpaired) electrons. The largest absolute Gasteiger partial charge is 0.381 e. The smallest absolute Gasteiger partial charge is 0.267 e. The van der Waals surface area contributed by atoms with E-state index in [0.717, 1.165) is 0 Å². The van der Waals surface area contributed by atoms with Gasteiger partial charge in [-0.15, -0.1) is 0 Å². The SMILES string of the molecule is N#CC1(c2cccnc2C(N)=O)CCOCC1. The number of pyridine rings is 1. The molecule has 0 aromatic carbocycles. The molecular weight excluding hydrogens is 218 g/mol. The monoisotopic (exact) mass is 231 g/mol. The molecule has 2 heterocycles. The summed E-state index contributed by atoms with van der Waals surface area (Å²) in [5.41, 5.74) is 5.41. The number of nitrogens with zero attached hydrogens (tertiary/aromatic N) is 2. The molecule has 17 heavy (non-hydrogen) atoms. The minimum absolute atomic E-state index is 0.191. The number of carbonyl (C=O) groups excluding carboxylic acids is 1. The van der Waals surface area contributed by atoms with Gasteiger partial charge < -0.3 is 10.5 Å². The lowest BCUT2D eigenvalue weighted by molar-refractivity contribution is 0.0668. The highest BCUT2D eigenvalue weighted by Crippen LogP contribution is 2.35. The predicted molar refractivity (Wildman–Crippen MR) is 60.1 cm³/mol. The third-order valence-electron chi connectivity index (χ3n) is 3.12. The Morgan fingerprint density at radius 2 is 2.24 bits per heavy atom. The first-order valence-electron chi connectivity index (χ1n) is 5.44. The zero-order valence-electron chi connectivity index (χ0n) is 9.35. The van der Waals surface area contributed by atoms with Crippen molar-refractivity contribution in [3.63, 3.8) is 0 Å². The summed E-state index contributed by atoms with van der Waals surface area (Å²) in [5.74, 6) is -0.596. The number of hydrogen-bond donors (Lipinski definition) is 1. The fraction of sp³-hybridized carbons (Fsp3) is 0.417. The molecule has 1 aliphatic heterocycles. The van der Waals surface area contributed by atoms with Gasteiger partial charge in [-0.05, 0) is 18.9 Å². The number of amides is 1. The van der Waals surface area contributed by atoms with E-state index < -0.39 is 11.3 Å². The lowest BCUT2D eigenvalue weighted by atomic mass is 9.74. The number of nitrogens with two attached hydrogens (primary N) is 1. The Morgan fingerprint density at radius 1 is 1.53 bits per heavy atom. The zero-order valence-corrected chi connectivity index (χ0v) is 9.35. The molecule has 5 heteroatoms. The van der Waals surface area contributed by atoms with Crippen molar-refractivity contribution in [1.29, 1.82) is 5.26 Å². The van der Waals surface area contributed by atoms with Crippen molar-refractivity contribution in [3.8, 4) is 6.07 Å². The molecule has 0 atom stereocenters. The number of ether oxygens (including phenoxy) is 1. The van der Waals surface area contributed by atoms with Crippen LogP contribution in [0.15, 0.2) is 18.3 Å². The van der Waals surface area contributed by atoms with Crippen LogP contribution >= 0.6 is 0 Å². The topological polar surface area (TPSA) is 89.0 Å². The first kappa shape index (κ1) is 11.6. The fourth-order valence-corrected chi connectivity index (χ4v) is 2.15. The maximum Gasteiger partial charge on any atom is 0.267 e. The van der Waals surface area contributed by atoms with E-state index in [2.05, 4.69) is 11.1 Å². The van der Waals surface area contributed by atoms with E-state index in [9.17, 15) is 10.1 Å². The standard InChI is InChI=1S/C12H13N3O2/c13-8-12(3-6-17-7-4-12)9-2-1-5-15-10(9)11(14)16/h1-2,5H,3-4,6-7H2,(H2,14,16). The minimum atomic E-state index is -0.698. The average molecular weight is 231 g/mol. The molecule has 0 unspecified atom stereocenters. The van der Waals surface area contributed by atoms with Gasteiger partial charge in [-0.1, -0.05) is 6.07 Å². The molecule has 0 saturated carbocycles. The van der Waals surface area contributed by atoms with Crippen LogP contribution in [0.4, 0.5) is 0 Å². The molecule has 2 rings (SSSR count). The quantitative estimate of drug-likeness (QED) is 0.813. The molecule has 1 fully saturated rings. The first-order chi connectivity index (χ1) is 8.19. The molecule has 1 aromatic heterocycles. The molecule has 0 spiro atoms.